The number of amides is 1. The van der Waals surface area contributed by atoms with Gasteiger partial charge in [-0.3, -0.25) is 18.5 Å². The van der Waals surface area contributed by atoms with Crippen LogP contribution in [0.25, 0.3) is 11.2 Å². The van der Waals surface area contributed by atoms with Gasteiger partial charge in [0.1, 0.15) is 48.0 Å². The smallest absolute Gasteiger partial charge is 0.274 e. The molecule has 0 saturated carbocycles. The minimum absolute atomic E-state index is 0.0365. The number of rotatable bonds is 11. The van der Waals surface area contributed by atoms with Gasteiger partial charge in [-0.05, 0) is 13.3 Å². The molecule has 1 amide bonds. The summed E-state index contributed by atoms with van der Waals surface area (Å²) in [5.74, 6) is -0.691. The number of hydrogen-bond donors (Lipinski definition) is 6. The minimum Gasteiger partial charge on any atom is -0.756 e. The maximum Gasteiger partial charge on any atom is 0.274 e. The molecule has 0 radical (unpaired) electrons. The number of nitrogens with two attached hydrogens (primary N) is 2. The summed E-state index contributed by atoms with van der Waals surface area (Å²) in [5.41, 5.74) is 9.62. The molecule has 2 saturated heterocycles. The lowest BCUT2D eigenvalue weighted by Crippen LogP contribution is -2.44. The van der Waals surface area contributed by atoms with Crippen LogP contribution in [-0.4, -0.2) is 106 Å². The number of phosphoric acid groups is 2. The molecule has 4 unspecified atom stereocenters. The molecule has 5 heterocycles. The van der Waals surface area contributed by atoms with Gasteiger partial charge in [0.2, 0.25) is 5.91 Å². The highest BCUT2D eigenvalue weighted by Gasteiger charge is 2.53. The van der Waals surface area contributed by atoms with Gasteiger partial charge in [0.25, 0.3) is 15.6 Å². The maximum atomic E-state index is 12.4. The zero-order chi connectivity index (χ0) is 32.9. The van der Waals surface area contributed by atoms with E-state index in [1.54, 1.807) is 6.08 Å². The van der Waals surface area contributed by atoms with Gasteiger partial charge in [0.05, 0.1) is 19.5 Å². The molecule has 0 spiro atoms. The number of nitrogens with zero attached hydrogens (tertiary/aromatic N) is 5. The lowest BCUT2D eigenvalue weighted by Gasteiger charge is -2.34. The molecule has 8 N–H and O–H groups in total. The molecule has 3 aliphatic rings. The molecular formula is C22H29N7O14P2-2. The molecule has 0 aromatic carbocycles. The average molecular weight is 677 g/mol. The third kappa shape index (κ3) is 6.81. The van der Waals surface area contributed by atoms with Crippen molar-refractivity contribution < 1.29 is 67.0 Å². The second-order valence-electron chi connectivity index (χ2n) is 10.5. The molecule has 248 valence electrons. The number of anilines is 1. The molecule has 23 heteroatoms. The highest BCUT2D eigenvalue weighted by molar-refractivity contribution is 7.59. The van der Waals surface area contributed by atoms with Crippen molar-refractivity contribution >= 4 is 38.5 Å². The standard InChI is InChI=1S/C22H31N7O14P2/c1-22(16(33)15(32)20(42-22)28-4-2-3-10(5-28)18(24)34)7-40-45(37,38)43-44(35,36)39-6-11-13(30)14(31)21(41-11)29-9-27-12-17(23)25-8-26-19(12)29/h2,4-5,8-9,11,13-16,20-21,30-33H,3,6-7H2,1H3,(H2,24,34)(H,35,36)(H,37,38)(H2,23,25,26)/p-2/t11-,13+,14?,15-,16?,20+,21-,22+/m0/s1. The van der Waals surface area contributed by atoms with Crippen LogP contribution in [0.5, 0.6) is 0 Å². The highest BCUT2D eigenvalue weighted by atomic mass is 31.3. The van der Waals surface area contributed by atoms with Crippen molar-refractivity contribution in [3.8, 4) is 0 Å². The molecule has 2 aromatic heterocycles. The van der Waals surface area contributed by atoms with E-state index >= 15 is 0 Å². The fourth-order valence-electron chi connectivity index (χ4n) is 4.88. The van der Waals surface area contributed by atoms with Gasteiger partial charge in [0, 0.05) is 18.0 Å². The molecule has 45 heavy (non-hydrogen) atoms. The first-order valence-electron chi connectivity index (χ1n) is 13.1. The lowest BCUT2D eigenvalue weighted by molar-refractivity contribution is -0.248. The first-order valence-corrected chi connectivity index (χ1v) is 16.0. The van der Waals surface area contributed by atoms with Gasteiger partial charge in [-0.25, -0.2) is 19.3 Å². The molecular weight excluding hydrogens is 648 g/mol. The van der Waals surface area contributed by atoms with Crippen molar-refractivity contribution in [2.45, 2.75) is 61.9 Å². The molecule has 5 rings (SSSR count). The van der Waals surface area contributed by atoms with Gasteiger partial charge in [0.15, 0.2) is 23.9 Å². The average Bonchev–Trinajstić information content (AvgIpc) is 3.60. The summed E-state index contributed by atoms with van der Waals surface area (Å²) in [6.45, 7) is -0.820. The number of phosphoric ester groups is 2. The Kier molecular flexibility index (Phi) is 9.21. The fourth-order valence-corrected chi connectivity index (χ4v) is 6.98. The zero-order valence-corrected chi connectivity index (χ0v) is 25.0. The number of aliphatic hydroxyl groups excluding tert-OH is 4. The normalized spacial score (nSPS) is 34.5. The number of imidazole rings is 1. The van der Waals surface area contributed by atoms with E-state index in [1.165, 1.54) is 35.1 Å². The summed E-state index contributed by atoms with van der Waals surface area (Å²) in [6.07, 6.45) is -3.98. The van der Waals surface area contributed by atoms with E-state index in [2.05, 4.69) is 28.3 Å². The maximum absolute atomic E-state index is 12.4. The van der Waals surface area contributed by atoms with Crippen LogP contribution in [-0.2, 0) is 36.8 Å². The van der Waals surface area contributed by atoms with E-state index in [1.807, 2.05) is 0 Å². The van der Waals surface area contributed by atoms with Crippen LogP contribution in [0, 0.1) is 0 Å². The number of primary amides is 1. The Labute approximate surface area is 253 Å². The molecule has 2 fully saturated rings. The van der Waals surface area contributed by atoms with Crippen molar-refractivity contribution in [3.63, 3.8) is 0 Å². The predicted molar refractivity (Wildman–Crippen MR) is 142 cm³/mol. The molecule has 0 aliphatic carbocycles. The molecule has 3 aliphatic heterocycles. The molecule has 10 atom stereocenters. The summed E-state index contributed by atoms with van der Waals surface area (Å²) in [5, 5.41) is 42.0. The van der Waals surface area contributed by atoms with Crippen LogP contribution in [0.15, 0.2) is 36.7 Å². The Morgan fingerprint density at radius 3 is 2.53 bits per heavy atom. The van der Waals surface area contributed by atoms with Crippen LogP contribution in [0.1, 0.15) is 19.6 Å². The summed E-state index contributed by atoms with van der Waals surface area (Å²) in [7, 11) is -11.4. The quantitative estimate of drug-likeness (QED) is 0.125. The Hall–Kier alpha value is -2.88. The number of aliphatic hydroxyl groups is 4. The first kappa shape index (κ1) is 33.5. The van der Waals surface area contributed by atoms with Gasteiger partial charge in [-0.1, -0.05) is 6.08 Å². The van der Waals surface area contributed by atoms with Crippen LogP contribution >= 0.6 is 15.6 Å². The van der Waals surface area contributed by atoms with Gasteiger partial charge in [-0.15, -0.1) is 0 Å². The van der Waals surface area contributed by atoms with E-state index < -0.39 is 83.3 Å². The van der Waals surface area contributed by atoms with Crippen LogP contribution in [0.2, 0.25) is 0 Å². The Balaban J connectivity index is 1.17. The third-order valence-electron chi connectivity index (χ3n) is 7.27. The summed E-state index contributed by atoms with van der Waals surface area (Å²) in [6, 6.07) is 0. The van der Waals surface area contributed by atoms with Crippen molar-refractivity contribution in [2.75, 3.05) is 18.9 Å². The second kappa shape index (κ2) is 12.4. The van der Waals surface area contributed by atoms with E-state index in [0.717, 1.165) is 6.33 Å². The Morgan fingerprint density at radius 1 is 1.11 bits per heavy atom. The van der Waals surface area contributed by atoms with Crippen LogP contribution < -0.4 is 21.3 Å². The number of fused-ring (bicyclic) bond motifs is 1. The third-order valence-corrected chi connectivity index (χ3v) is 9.78. The highest BCUT2D eigenvalue weighted by Crippen LogP contribution is 2.56. The minimum atomic E-state index is -5.72. The SMILES string of the molecule is C[C@]1(COP(=O)([O-])OP(=O)([O-])OC[C@@H]2O[C@H](n3cnc4c(N)ncnc43)C(O)[C@@H]2O)O[C@@H](N2C=CCC(C(N)=O)=C2)[C@@H](O)C1O. The van der Waals surface area contributed by atoms with Gasteiger partial charge >= 0.3 is 0 Å². The van der Waals surface area contributed by atoms with Crippen molar-refractivity contribution in [2.24, 2.45) is 5.73 Å². The predicted octanol–water partition coefficient (Wildman–Crippen LogP) is -3.56. The fraction of sp³-hybridized carbons (Fsp3) is 0.545. The number of allylic oxidation sites excluding steroid dienone is 1. The summed E-state index contributed by atoms with van der Waals surface area (Å²) >= 11 is 0. The van der Waals surface area contributed by atoms with Crippen LogP contribution in [0.4, 0.5) is 5.82 Å². The molecule has 0 bridgehead atoms. The van der Waals surface area contributed by atoms with Crippen molar-refractivity contribution in [1.82, 2.24) is 24.4 Å². The molecule has 21 nitrogen and oxygen atoms in total. The molecule has 2 aromatic rings. The summed E-state index contributed by atoms with van der Waals surface area (Å²) in [4.78, 5) is 49.3. The Bertz CT molecular complexity index is 1610. The first-order chi connectivity index (χ1) is 21.0. The van der Waals surface area contributed by atoms with Gasteiger partial charge < -0.3 is 65.1 Å². The monoisotopic (exact) mass is 677 g/mol. The number of carbonyl (C=O) groups is 1. The van der Waals surface area contributed by atoms with E-state index in [9.17, 15) is 44.1 Å². The topological polar surface area (TPSA) is 323 Å². The summed E-state index contributed by atoms with van der Waals surface area (Å²) < 4.78 is 50.5. The Morgan fingerprint density at radius 2 is 1.82 bits per heavy atom. The number of hydrogen-bond acceptors (Lipinski definition) is 19. The number of ether oxygens (including phenoxy) is 2. The zero-order valence-electron chi connectivity index (χ0n) is 23.2. The second-order valence-corrected chi connectivity index (χ2v) is 13.4. The number of carbonyl (C=O) groups excluding carboxylic acids is 1. The largest absolute Gasteiger partial charge is 0.756 e. The lowest BCUT2D eigenvalue weighted by atomic mass is 9.98. The van der Waals surface area contributed by atoms with Gasteiger partial charge in [-0.2, -0.15) is 0 Å². The van der Waals surface area contributed by atoms with Crippen molar-refractivity contribution in [1.29, 1.82) is 0 Å². The van der Waals surface area contributed by atoms with Crippen LogP contribution in [0.3, 0.4) is 0 Å². The van der Waals surface area contributed by atoms with E-state index in [-0.39, 0.29) is 29.0 Å². The van der Waals surface area contributed by atoms with E-state index in [0.29, 0.717) is 0 Å². The van der Waals surface area contributed by atoms with Crippen molar-refractivity contribution in [3.05, 3.63) is 36.7 Å². The number of aromatic nitrogens is 4. The number of nitrogen functional groups attached to an aromatic ring is 1. The van der Waals surface area contributed by atoms with E-state index in [4.69, 9.17) is 20.9 Å².